The van der Waals surface area contributed by atoms with Gasteiger partial charge < -0.3 is 10.1 Å². The number of carbonyl (C=O) groups excluding carboxylic acids is 1. The summed E-state index contributed by atoms with van der Waals surface area (Å²) in [7, 11) is -2.39. The van der Waals surface area contributed by atoms with E-state index in [1.165, 1.54) is 19.2 Å². The standard InChI is InChI=1S/C20H25N3O6S/c1-29-19-11-10-17(23(25)26)15-18(19)22(30(2,27)28)14-6-9-20(24)21-13-12-16-7-4-3-5-8-16/h3-5,7-8,10-11,15H,6,9,12-14H2,1-2H3,(H,21,24). The molecule has 10 heteroatoms. The molecule has 162 valence electrons. The summed E-state index contributed by atoms with van der Waals surface area (Å²) in [5.41, 5.74) is 0.926. The third-order valence-corrected chi connectivity index (χ3v) is 5.57. The average Bonchev–Trinajstić information content (AvgIpc) is 2.70. The summed E-state index contributed by atoms with van der Waals surface area (Å²) >= 11 is 0. The zero-order valence-corrected chi connectivity index (χ0v) is 17.7. The zero-order chi connectivity index (χ0) is 22.1. The minimum absolute atomic E-state index is 0.0114. The van der Waals surface area contributed by atoms with Gasteiger partial charge in [0, 0.05) is 31.6 Å². The minimum Gasteiger partial charge on any atom is -0.495 e. The number of methoxy groups -OCH3 is 1. The lowest BCUT2D eigenvalue weighted by atomic mass is 10.1. The molecule has 30 heavy (non-hydrogen) atoms. The summed E-state index contributed by atoms with van der Waals surface area (Å²) < 4.78 is 30.8. The first-order valence-electron chi connectivity index (χ1n) is 9.33. The number of benzene rings is 2. The van der Waals surface area contributed by atoms with Crippen molar-refractivity contribution in [3.8, 4) is 5.75 Å². The molecular formula is C20H25N3O6S. The molecule has 0 aliphatic carbocycles. The molecule has 2 aromatic carbocycles. The van der Waals surface area contributed by atoms with Crippen molar-refractivity contribution in [3.05, 3.63) is 64.2 Å². The van der Waals surface area contributed by atoms with Crippen LogP contribution in [0.3, 0.4) is 0 Å². The molecule has 9 nitrogen and oxygen atoms in total. The van der Waals surface area contributed by atoms with E-state index in [4.69, 9.17) is 4.74 Å². The largest absolute Gasteiger partial charge is 0.495 e. The minimum atomic E-state index is -3.74. The fourth-order valence-electron chi connectivity index (χ4n) is 2.91. The van der Waals surface area contributed by atoms with Gasteiger partial charge in [-0.1, -0.05) is 30.3 Å². The van der Waals surface area contributed by atoms with Gasteiger partial charge in [0.15, 0.2) is 0 Å². The highest BCUT2D eigenvalue weighted by Crippen LogP contribution is 2.33. The topological polar surface area (TPSA) is 119 Å². The van der Waals surface area contributed by atoms with Gasteiger partial charge in [0.05, 0.1) is 18.3 Å². The third kappa shape index (κ3) is 6.73. The van der Waals surface area contributed by atoms with Gasteiger partial charge in [-0.15, -0.1) is 0 Å². The van der Waals surface area contributed by atoms with Gasteiger partial charge in [0.2, 0.25) is 15.9 Å². The Labute approximate surface area is 175 Å². The van der Waals surface area contributed by atoms with E-state index in [-0.39, 0.29) is 42.4 Å². The van der Waals surface area contributed by atoms with Crippen molar-refractivity contribution in [2.24, 2.45) is 0 Å². The second kappa shape index (κ2) is 10.6. The van der Waals surface area contributed by atoms with Crippen LogP contribution in [0.5, 0.6) is 5.75 Å². The van der Waals surface area contributed by atoms with Gasteiger partial charge in [-0.2, -0.15) is 0 Å². The van der Waals surface area contributed by atoms with Gasteiger partial charge in [-0.3, -0.25) is 19.2 Å². The lowest BCUT2D eigenvalue weighted by Crippen LogP contribution is -2.32. The van der Waals surface area contributed by atoms with Crippen LogP contribution >= 0.6 is 0 Å². The summed E-state index contributed by atoms with van der Waals surface area (Å²) in [6.45, 7) is 0.472. The van der Waals surface area contributed by atoms with Crippen molar-refractivity contribution in [2.45, 2.75) is 19.3 Å². The van der Waals surface area contributed by atoms with Gasteiger partial charge in [0.1, 0.15) is 11.4 Å². The Kier molecular flexibility index (Phi) is 8.16. The van der Waals surface area contributed by atoms with Gasteiger partial charge in [-0.25, -0.2) is 8.42 Å². The highest BCUT2D eigenvalue weighted by molar-refractivity contribution is 7.92. The van der Waals surface area contributed by atoms with Crippen molar-refractivity contribution in [1.82, 2.24) is 5.32 Å². The first-order valence-corrected chi connectivity index (χ1v) is 11.2. The highest BCUT2D eigenvalue weighted by Gasteiger charge is 2.23. The van der Waals surface area contributed by atoms with Crippen molar-refractivity contribution in [3.63, 3.8) is 0 Å². The van der Waals surface area contributed by atoms with Crippen LogP contribution < -0.4 is 14.4 Å². The van der Waals surface area contributed by atoms with E-state index in [1.54, 1.807) is 0 Å². The smallest absolute Gasteiger partial charge is 0.271 e. The van der Waals surface area contributed by atoms with Gasteiger partial charge in [-0.05, 0) is 24.5 Å². The lowest BCUT2D eigenvalue weighted by molar-refractivity contribution is -0.384. The molecule has 0 radical (unpaired) electrons. The molecule has 2 aromatic rings. The van der Waals surface area contributed by atoms with Gasteiger partial charge >= 0.3 is 0 Å². The van der Waals surface area contributed by atoms with Crippen LogP contribution in [-0.2, 0) is 21.2 Å². The number of non-ortho nitro benzene ring substituents is 1. The van der Waals surface area contributed by atoms with E-state index in [9.17, 15) is 23.3 Å². The number of nitro groups is 1. The van der Waals surface area contributed by atoms with E-state index in [0.717, 1.165) is 22.2 Å². The number of ether oxygens (including phenoxy) is 1. The number of hydrogen-bond donors (Lipinski definition) is 1. The first kappa shape index (κ1) is 23.1. The van der Waals surface area contributed by atoms with Crippen LogP contribution in [-0.4, -0.2) is 45.7 Å². The number of nitrogens with zero attached hydrogens (tertiary/aromatic N) is 2. The Morgan fingerprint density at radius 1 is 1.20 bits per heavy atom. The number of carbonyl (C=O) groups is 1. The molecule has 0 aliphatic heterocycles. The molecule has 1 amide bonds. The SMILES string of the molecule is COc1ccc([N+](=O)[O-])cc1N(CCCC(=O)NCCc1ccccc1)S(C)(=O)=O. The Morgan fingerprint density at radius 3 is 2.50 bits per heavy atom. The molecule has 0 heterocycles. The lowest BCUT2D eigenvalue weighted by Gasteiger charge is -2.24. The molecule has 0 saturated heterocycles. The molecule has 0 saturated carbocycles. The number of sulfonamides is 1. The first-order chi connectivity index (χ1) is 14.2. The summed E-state index contributed by atoms with van der Waals surface area (Å²) in [5.74, 6) is 0.00345. The monoisotopic (exact) mass is 435 g/mol. The maximum Gasteiger partial charge on any atom is 0.271 e. The molecule has 0 aromatic heterocycles. The number of nitrogens with one attached hydrogen (secondary N) is 1. The van der Waals surface area contributed by atoms with E-state index in [2.05, 4.69) is 5.32 Å². The second-order valence-corrected chi connectivity index (χ2v) is 8.54. The fraction of sp³-hybridized carbons (Fsp3) is 0.350. The van der Waals surface area contributed by atoms with Crippen LogP contribution in [0.1, 0.15) is 18.4 Å². The van der Waals surface area contributed by atoms with Crippen LogP contribution in [0.15, 0.2) is 48.5 Å². The normalized spacial score (nSPS) is 11.0. The van der Waals surface area contributed by atoms with Crippen LogP contribution in [0, 0.1) is 10.1 Å². The molecule has 0 fully saturated rings. The number of nitro benzene ring substituents is 1. The zero-order valence-electron chi connectivity index (χ0n) is 16.9. The van der Waals surface area contributed by atoms with Gasteiger partial charge in [0.25, 0.3) is 5.69 Å². The number of anilines is 1. The molecule has 0 aliphatic rings. The van der Waals surface area contributed by atoms with Crippen molar-refractivity contribution in [2.75, 3.05) is 30.8 Å². The molecule has 0 atom stereocenters. The number of hydrogen-bond acceptors (Lipinski definition) is 6. The average molecular weight is 436 g/mol. The Morgan fingerprint density at radius 2 is 1.90 bits per heavy atom. The quantitative estimate of drug-likeness (QED) is 0.428. The Bertz CT molecular complexity index is 979. The van der Waals surface area contributed by atoms with Crippen LogP contribution in [0.25, 0.3) is 0 Å². The predicted octanol–water partition coefficient (Wildman–Crippen LogP) is 2.51. The predicted molar refractivity (Wildman–Crippen MR) is 114 cm³/mol. The van der Waals surface area contributed by atoms with Crippen LogP contribution in [0.2, 0.25) is 0 Å². The molecule has 1 N–H and O–H groups in total. The number of amides is 1. The fourth-order valence-corrected chi connectivity index (χ4v) is 3.88. The Hall–Kier alpha value is -3.14. The molecule has 2 rings (SSSR count). The molecular weight excluding hydrogens is 410 g/mol. The second-order valence-electron chi connectivity index (χ2n) is 6.64. The summed E-state index contributed by atoms with van der Waals surface area (Å²) in [5, 5.41) is 13.9. The van der Waals surface area contributed by atoms with E-state index >= 15 is 0 Å². The molecule has 0 unspecified atom stereocenters. The van der Waals surface area contributed by atoms with Crippen molar-refractivity contribution in [1.29, 1.82) is 0 Å². The van der Waals surface area contributed by atoms with Crippen molar-refractivity contribution < 1.29 is 22.9 Å². The number of rotatable bonds is 11. The maximum atomic E-state index is 12.3. The Balaban J connectivity index is 1.98. The van der Waals surface area contributed by atoms with E-state index in [0.29, 0.717) is 13.0 Å². The highest BCUT2D eigenvalue weighted by atomic mass is 32.2. The van der Waals surface area contributed by atoms with Crippen molar-refractivity contribution >= 4 is 27.3 Å². The summed E-state index contributed by atoms with van der Waals surface area (Å²) in [6.07, 6.45) is 2.08. The molecule has 0 bridgehead atoms. The maximum absolute atomic E-state index is 12.3. The summed E-state index contributed by atoms with van der Waals surface area (Å²) in [6, 6.07) is 13.5. The van der Waals surface area contributed by atoms with E-state index < -0.39 is 14.9 Å². The molecule has 0 spiro atoms. The summed E-state index contributed by atoms with van der Waals surface area (Å²) in [4.78, 5) is 22.5. The van der Waals surface area contributed by atoms with E-state index in [1.807, 2.05) is 30.3 Å². The third-order valence-electron chi connectivity index (χ3n) is 4.39. The van der Waals surface area contributed by atoms with Crippen LogP contribution in [0.4, 0.5) is 11.4 Å².